The first-order chi connectivity index (χ1) is 14.9. The van der Waals surface area contributed by atoms with Crippen LogP contribution < -0.4 is 15.8 Å². The molecule has 1 atom stereocenters. The second-order valence-corrected chi connectivity index (χ2v) is 9.38. The summed E-state index contributed by atoms with van der Waals surface area (Å²) in [7, 11) is 2.37. The van der Waals surface area contributed by atoms with Gasteiger partial charge in [-0.2, -0.15) is 0 Å². The number of likely N-dealkylation sites (N-methyl/N-ethyl adjacent to an activating group) is 1. The Balaban J connectivity index is 1.64. The number of fused-ring (bicyclic) bond motifs is 3. The molecule has 2 heterocycles. The Morgan fingerprint density at radius 2 is 2.06 bits per heavy atom. The number of carbonyl (C=O) groups excluding carboxylic acids is 1. The predicted molar refractivity (Wildman–Crippen MR) is 126 cm³/mol. The van der Waals surface area contributed by atoms with Crippen LogP contribution in [-0.4, -0.2) is 52.2 Å². The first-order valence-electron chi connectivity index (χ1n) is 9.56. The molecule has 4 N–H and O–H groups in total. The molecule has 2 aromatic heterocycles. The molecule has 0 spiro atoms. The van der Waals surface area contributed by atoms with Gasteiger partial charge in [-0.3, -0.25) is 4.79 Å². The first-order valence-corrected chi connectivity index (χ1v) is 11.6. The van der Waals surface area contributed by atoms with Gasteiger partial charge in [-0.15, -0.1) is 11.3 Å². The predicted octanol–water partition coefficient (Wildman–Crippen LogP) is 2.86. The van der Waals surface area contributed by atoms with Crippen LogP contribution in [0.1, 0.15) is 9.67 Å². The van der Waals surface area contributed by atoms with Crippen molar-refractivity contribution in [1.29, 1.82) is 0 Å². The van der Waals surface area contributed by atoms with Crippen molar-refractivity contribution in [3.05, 3.63) is 53.5 Å². The van der Waals surface area contributed by atoms with E-state index in [9.17, 15) is 9.00 Å². The lowest BCUT2D eigenvalue weighted by atomic mass is 10.2. The molecule has 0 fully saturated rings. The Kier molecular flexibility index (Phi) is 6.23. The Hall–Kier alpha value is -2.92. The van der Waals surface area contributed by atoms with E-state index in [1.807, 2.05) is 43.3 Å². The average molecular weight is 455 g/mol. The van der Waals surface area contributed by atoms with Crippen molar-refractivity contribution >= 4 is 60.9 Å². The van der Waals surface area contributed by atoms with Gasteiger partial charge in [0.25, 0.3) is 5.91 Å². The molecule has 160 valence electrons. The molecule has 4 aromatic rings. The molecule has 0 saturated carbocycles. The van der Waals surface area contributed by atoms with E-state index in [0.29, 0.717) is 28.0 Å². The lowest BCUT2D eigenvalue weighted by Gasteiger charge is -2.09. The highest BCUT2D eigenvalue weighted by molar-refractivity contribution is 7.82. The number of benzene rings is 2. The number of amides is 1. The Labute approximate surface area is 186 Å². The zero-order valence-electron chi connectivity index (χ0n) is 17.1. The zero-order valence-corrected chi connectivity index (χ0v) is 18.7. The molecule has 0 saturated heterocycles. The summed E-state index contributed by atoms with van der Waals surface area (Å²) >= 11 is 1.44. The maximum Gasteiger partial charge on any atom is 0.261 e. The van der Waals surface area contributed by atoms with Crippen LogP contribution in [0.4, 0.5) is 11.6 Å². The lowest BCUT2D eigenvalue weighted by molar-refractivity contribution is 0.0955. The summed E-state index contributed by atoms with van der Waals surface area (Å²) < 4.78 is 12.5. The van der Waals surface area contributed by atoms with Crippen LogP contribution in [0, 0.1) is 0 Å². The fourth-order valence-electron chi connectivity index (χ4n) is 3.09. The minimum atomic E-state index is -1.57. The van der Waals surface area contributed by atoms with Crippen molar-refractivity contribution in [3.8, 4) is 0 Å². The normalized spacial score (nSPS) is 12.4. The van der Waals surface area contributed by atoms with Crippen molar-refractivity contribution in [3.63, 3.8) is 0 Å². The number of nitrogens with zero attached hydrogens (tertiary/aromatic N) is 3. The van der Waals surface area contributed by atoms with Gasteiger partial charge in [-0.1, -0.05) is 6.07 Å². The van der Waals surface area contributed by atoms with E-state index in [1.165, 1.54) is 11.3 Å². The molecule has 0 aliphatic carbocycles. The highest BCUT2D eigenvalue weighted by Crippen LogP contribution is 2.31. The summed E-state index contributed by atoms with van der Waals surface area (Å²) in [6, 6.07) is 12.8. The van der Waals surface area contributed by atoms with E-state index in [4.69, 9.17) is 5.14 Å². The van der Waals surface area contributed by atoms with E-state index in [-0.39, 0.29) is 5.91 Å². The number of carbonyl (C=O) groups is 1. The maximum absolute atomic E-state index is 12.5. The highest BCUT2D eigenvalue weighted by atomic mass is 32.2. The highest BCUT2D eigenvalue weighted by Gasteiger charge is 2.13. The summed E-state index contributed by atoms with van der Waals surface area (Å²) in [5, 5.41) is 13.3. The number of rotatable bonds is 7. The standard InChI is InChI=1S/C21H22N6O2S2/c1-27(2)9-8-23-20(28)18-11-16-17(30-18)7-6-13-12-24-21(26-19(13)16)25-14-4-3-5-15(10-14)31(22)29/h3-7,10-12H,8-9,22H2,1-2H3,(H,23,28)(H,24,25,26). The Morgan fingerprint density at radius 3 is 2.84 bits per heavy atom. The van der Waals surface area contributed by atoms with E-state index in [1.54, 1.807) is 24.4 Å². The largest absolute Gasteiger partial charge is 0.350 e. The van der Waals surface area contributed by atoms with Crippen LogP contribution in [0.3, 0.4) is 0 Å². The topological polar surface area (TPSA) is 113 Å². The van der Waals surface area contributed by atoms with Gasteiger partial charge in [0.1, 0.15) is 11.0 Å². The maximum atomic E-state index is 12.5. The molecule has 10 heteroatoms. The van der Waals surface area contributed by atoms with Crippen LogP contribution in [0.5, 0.6) is 0 Å². The molecule has 31 heavy (non-hydrogen) atoms. The molecular weight excluding hydrogens is 432 g/mol. The van der Waals surface area contributed by atoms with Gasteiger partial charge in [0.05, 0.1) is 15.3 Å². The van der Waals surface area contributed by atoms with Crippen molar-refractivity contribution in [2.24, 2.45) is 5.14 Å². The molecule has 1 unspecified atom stereocenters. The molecule has 0 radical (unpaired) electrons. The number of nitrogens with one attached hydrogen (secondary N) is 2. The molecule has 1 amide bonds. The molecule has 0 bridgehead atoms. The molecular formula is C21H22N6O2S2. The van der Waals surface area contributed by atoms with E-state index < -0.39 is 11.0 Å². The van der Waals surface area contributed by atoms with Crippen LogP contribution in [0.25, 0.3) is 21.0 Å². The molecule has 8 nitrogen and oxygen atoms in total. The molecule has 2 aromatic carbocycles. The van der Waals surface area contributed by atoms with Gasteiger partial charge >= 0.3 is 0 Å². The second-order valence-electron chi connectivity index (χ2n) is 7.23. The number of anilines is 2. The van der Waals surface area contributed by atoms with Crippen LogP contribution in [-0.2, 0) is 11.0 Å². The van der Waals surface area contributed by atoms with Crippen LogP contribution in [0.15, 0.2) is 53.6 Å². The van der Waals surface area contributed by atoms with Crippen LogP contribution >= 0.6 is 11.3 Å². The summed E-state index contributed by atoms with van der Waals surface area (Å²) in [5.41, 5.74) is 1.45. The van der Waals surface area contributed by atoms with Gasteiger partial charge in [0.15, 0.2) is 0 Å². The molecule has 4 rings (SSSR count). The third kappa shape index (κ3) is 4.88. The van der Waals surface area contributed by atoms with E-state index >= 15 is 0 Å². The van der Waals surface area contributed by atoms with Gasteiger partial charge in [0, 0.05) is 40.4 Å². The number of aromatic nitrogens is 2. The smallest absolute Gasteiger partial charge is 0.261 e. The Bertz CT molecular complexity index is 1290. The summed E-state index contributed by atoms with van der Waals surface area (Å²) in [6.45, 7) is 1.37. The number of hydrogen-bond donors (Lipinski definition) is 3. The second kappa shape index (κ2) is 9.06. The monoisotopic (exact) mass is 454 g/mol. The fraction of sp³-hybridized carbons (Fsp3) is 0.190. The fourth-order valence-corrected chi connectivity index (χ4v) is 4.52. The van der Waals surface area contributed by atoms with Gasteiger partial charge in [-0.25, -0.2) is 19.3 Å². The number of nitrogens with two attached hydrogens (primary N) is 1. The van der Waals surface area contributed by atoms with Gasteiger partial charge in [-0.05, 0) is 50.5 Å². The lowest BCUT2D eigenvalue weighted by Crippen LogP contribution is -2.30. The summed E-state index contributed by atoms with van der Waals surface area (Å²) in [6.07, 6.45) is 1.74. The number of thiophene rings is 1. The third-order valence-corrected chi connectivity index (χ3v) is 6.46. The van der Waals surface area contributed by atoms with Crippen molar-refractivity contribution in [1.82, 2.24) is 20.2 Å². The van der Waals surface area contributed by atoms with Gasteiger partial charge in [0.2, 0.25) is 5.95 Å². The van der Waals surface area contributed by atoms with E-state index in [0.717, 1.165) is 27.5 Å². The third-order valence-electron chi connectivity index (χ3n) is 4.64. The molecule has 0 aliphatic rings. The Morgan fingerprint density at radius 1 is 1.23 bits per heavy atom. The summed E-state index contributed by atoms with van der Waals surface area (Å²) in [4.78, 5) is 24.7. The van der Waals surface area contributed by atoms with Gasteiger partial charge < -0.3 is 15.5 Å². The zero-order chi connectivity index (χ0) is 22.0. The minimum absolute atomic E-state index is 0.0878. The summed E-state index contributed by atoms with van der Waals surface area (Å²) in [5.74, 6) is 0.318. The van der Waals surface area contributed by atoms with E-state index in [2.05, 4.69) is 20.6 Å². The SMILES string of the molecule is CN(C)CCNC(=O)c1cc2c(ccc3cnc(Nc4cccc(S(N)=O)c4)nc32)s1. The van der Waals surface area contributed by atoms with Crippen molar-refractivity contribution < 1.29 is 9.00 Å². The van der Waals surface area contributed by atoms with Crippen LogP contribution in [0.2, 0.25) is 0 Å². The quantitative estimate of drug-likeness (QED) is 0.396. The van der Waals surface area contributed by atoms with Crippen molar-refractivity contribution in [2.45, 2.75) is 4.90 Å². The first kappa shape index (κ1) is 21.3. The number of hydrogen-bond acceptors (Lipinski definition) is 7. The average Bonchev–Trinajstić information content (AvgIpc) is 3.19. The van der Waals surface area contributed by atoms with Crippen molar-refractivity contribution in [2.75, 3.05) is 32.5 Å². The minimum Gasteiger partial charge on any atom is -0.350 e. The molecule has 0 aliphatic heterocycles.